The third kappa shape index (κ3) is 7.46. The molecule has 0 aromatic rings. The highest BCUT2D eigenvalue weighted by atomic mass is 32.2. The molecule has 1 fully saturated rings. The first kappa shape index (κ1) is 15.2. The van der Waals surface area contributed by atoms with Crippen LogP contribution in [0.15, 0.2) is 0 Å². The van der Waals surface area contributed by atoms with Crippen LogP contribution in [0.5, 0.6) is 0 Å². The monoisotopic (exact) mass is 263 g/mol. The van der Waals surface area contributed by atoms with Crippen molar-refractivity contribution < 1.29 is 31.5 Å². The van der Waals surface area contributed by atoms with E-state index in [0.29, 0.717) is 18.1 Å². The third-order valence-electron chi connectivity index (χ3n) is 1.64. The molecule has 0 saturated carbocycles. The molecule has 0 aliphatic carbocycles. The Labute approximate surface area is 90.6 Å². The predicted molar refractivity (Wildman–Crippen MR) is 49.8 cm³/mol. The summed E-state index contributed by atoms with van der Waals surface area (Å²) >= 11 is 0. The van der Waals surface area contributed by atoms with Gasteiger partial charge in [0.05, 0.1) is 11.5 Å². The molecule has 0 atom stereocenters. The van der Waals surface area contributed by atoms with Crippen LogP contribution in [0.1, 0.15) is 6.42 Å². The highest BCUT2D eigenvalue weighted by Crippen LogP contribution is 2.13. The summed E-state index contributed by atoms with van der Waals surface area (Å²) in [5.74, 6) is -2.08. The first-order valence-corrected chi connectivity index (χ1v) is 6.18. The van der Waals surface area contributed by atoms with Gasteiger partial charge in [-0.25, -0.2) is 13.2 Å². The maximum Gasteiger partial charge on any atom is 0.490 e. The summed E-state index contributed by atoms with van der Waals surface area (Å²) in [4.78, 5) is 8.90. The van der Waals surface area contributed by atoms with Gasteiger partial charge in [-0.2, -0.15) is 13.2 Å². The van der Waals surface area contributed by atoms with Gasteiger partial charge >= 0.3 is 12.1 Å². The van der Waals surface area contributed by atoms with Gasteiger partial charge < -0.3 is 10.4 Å². The van der Waals surface area contributed by atoms with Crippen LogP contribution < -0.4 is 5.32 Å². The quantitative estimate of drug-likeness (QED) is 0.644. The average Bonchev–Trinajstić information content (AvgIpc) is 2.28. The molecular weight excluding hydrogens is 251 g/mol. The molecule has 0 spiro atoms. The Morgan fingerprint density at radius 1 is 1.19 bits per heavy atom. The number of halogens is 3. The first-order valence-electron chi connectivity index (χ1n) is 4.36. The molecule has 0 aromatic carbocycles. The topological polar surface area (TPSA) is 83.5 Å². The average molecular weight is 263 g/mol. The van der Waals surface area contributed by atoms with Crippen molar-refractivity contribution in [2.75, 3.05) is 24.6 Å². The van der Waals surface area contributed by atoms with E-state index in [1.54, 1.807) is 0 Å². The number of nitrogens with one attached hydrogen (secondary N) is 1. The fourth-order valence-corrected chi connectivity index (χ4v) is 2.12. The number of carbonyl (C=O) groups is 1. The van der Waals surface area contributed by atoms with Crippen molar-refractivity contribution in [3.63, 3.8) is 0 Å². The van der Waals surface area contributed by atoms with E-state index in [1.165, 1.54) is 0 Å². The second-order valence-corrected chi connectivity index (χ2v) is 5.36. The second kappa shape index (κ2) is 6.04. The Bertz CT molecular complexity index is 311. The van der Waals surface area contributed by atoms with Gasteiger partial charge in [0.15, 0.2) is 9.84 Å². The van der Waals surface area contributed by atoms with Crippen molar-refractivity contribution in [3.8, 4) is 0 Å². The maximum absolute atomic E-state index is 10.8. The highest BCUT2D eigenvalue weighted by Gasteiger charge is 2.38. The molecule has 0 radical (unpaired) electrons. The standard InChI is InChI=1S/C5H11NO2S.C2HF3O2/c7-9(8)4-1-2-6-3-5-9;3-2(4,5)1(6)7/h6H,1-5H2;(H,6,7). The molecule has 1 aliphatic heterocycles. The lowest BCUT2D eigenvalue weighted by Crippen LogP contribution is -2.21. The lowest BCUT2D eigenvalue weighted by molar-refractivity contribution is -0.192. The molecule has 16 heavy (non-hydrogen) atoms. The van der Waals surface area contributed by atoms with Crippen molar-refractivity contribution in [2.45, 2.75) is 12.6 Å². The maximum atomic E-state index is 10.8. The van der Waals surface area contributed by atoms with Gasteiger partial charge in [-0.3, -0.25) is 0 Å². The molecule has 2 N–H and O–H groups in total. The second-order valence-electron chi connectivity index (χ2n) is 3.06. The molecule has 0 bridgehead atoms. The summed E-state index contributed by atoms with van der Waals surface area (Å²) in [6, 6.07) is 0. The van der Waals surface area contributed by atoms with Crippen molar-refractivity contribution in [3.05, 3.63) is 0 Å². The van der Waals surface area contributed by atoms with Crippen LogP contribution in [0, 0.1) is 0 Å². The van der Waals surface area contributed by atoms with Crippen LogP contribution in [0.2, 0.25) is 0 Å². The zero-order valence-corrected chi connectivity index (χ0v) is 9.07. The number of aliphatic carboxylic acids is 1. The van der Waals surface area contributed by atoms with Gasteiger partial charge in [0, 0.05) is 6.54 Å². The summed E-state index contributed by atoms with van der Waals surface area (Å²) in [7, 11) is -2.68. The minimum atomic E-state index is -5.08. The Hall–Kier alpha value is -0.830. The first-order chi connectivity index (χ1) is 7.15. The van der Waals surface area contributed by atoms with E-state index >= 15 is 0 Å². The van der Waals surface area contributed by atoms with Crippen LogP contribution in [-0.4, -0.2) is 50.3 Å². The molecule has 1 saturated heterocycles. The Kier molecular flexibility index (Phi) is 5.73. The molecule has 9 heteroatoms. The normalized spacial score (nSPS) is 20.2. The summed E-state index contributed by atoms with van der Waals surface area (Å²) in [6.07, 6.45) is -4.32. The van der Waals surface area contributed by atoms with E-state index in [4.69, 9.17) is 9.90 Å². The molecule has 0 aromatic heterocycles. The van der Waals surface area contributed by atoms with Crippen LogP contribution in [0.25, 0.3) is 0 Å². The number of rotatable bonds is 0. The van der Waals surface area contributed by atoms with E-state index in [2.05, 4.69) is 5.32 Å². The third-order valence-corrected chi connectivity index (χ3v) is 3.38. The van der Waals surface area contributed by atoms with Crippen molar-refractivity contribution in [1.29, 1.82) is 0 Å². The number of hydrogen-bond donors (Lipinski definition) is 2. The van der Waals surface area contributed by atoms with Gasteiger partial charge in [-0.1, -0.05) is 0 Å². The number of hydrogen-bond acceptors (Lipinski definition) is 4. The van der Waals surface area contributed by atoms with Crippen molar-refractivity contribution in [1.82, 2.24) is 5.32 Å². The fraction of sp³-hybridized carbons (Fsp3) is 0.857. The van der Waals surface area contributed by atoms with Gasteiger partial charge in [-0.15, -0.1) is 0 Å². The van der Waals surface area contributed by atoms with E-state index < -0.39 is 22.0 Å². The molecule has 0 amide bonds. The van der Waals surface area contributed by atoms with Crippen molar-refractivity contribution in [2.24, 2.45) is 0 Å². The summed E-state index contributed by atoms with van der Waals surface area (Å²) in [6.45, 7) is 1.47. The molecule has 96 valence electrons. The van der Waals surface area contributed by atoms with Crippen LogP contribution >= 0.6 is 0 Å². The van der Waals surface area contributed by atoms with E-state index in [9.17, 15) is 21.6 Å². The largest absolute Gasteiger partial charge is 0.490 e. The van der Waals surface area contributed by atoms with Crippen molar-refractivity contribution >= 4 is 15.8 Å². The van der Waals surface area contributed by atoms with E-state index in [-0.39, 0.29) is 0 Å². The molecule has 1 aliphatic rings. The molecule has 1 rings (SSSR count). The van der Waals surface area contributed by atoms with Crippen LogP contribution in [0.3, 0.4) is 0 Å². The SMILES string of the molecule is O=C(O)C(F)(F)F.O=S1(=O)CCCNCC1. The number of sulfone groups is 1. The fourth-order valence-electron chi connectivity index (χ4n) is 0.872. The minimum absolute atomic E-state index is 0.312. The lowest BCUT2D eigenvalue weighted by Gasteiger charge is -1.93. The lowest BCUT2D eigenvalue weighted by atomic mass is 10.5. The summed E-state index contributed by atoms with van der Waals surface area (Å²) in [5, 5.41) is 10.1. The Morgan fingerprint density at radius 3 is 2.12 bits per heavy atom. The van der Waals surface area contributed by atoms with E-state index in [1.807, 2.05) is 0 Å². The predicted octanol–water partition coefficient (Wildman–Crippen LogP) is 0.0278. The van der Waals surface area contributed by atoms with Gasteiger partial charge in [-0.05, 0) is 13.0 Å². The summed E-state index contributed by atoms with van der Waals surface area (Å²) < 4.78 is 53.4. The minimum Gasteiger partial charge on any atom is -0.475 e. The zero-order chi connectivity index (χ0) is 12.8. The zero-order valence-electron chi connectivity index (χ0n) is 8.25. The molecule has 1 heterocycles. The number of carboxylic acid groups (broad SMARTS) is 1. The molecular formula is C7H12F3NO4S. The van der Waals surface area contributed by atoms with Gasteiger partial charge in [0.2, 0.25) is 0 Å². The van der Waals surface area contributed by atoms with E-state index in [0.717, 1.165) is 13.0 Å². The number of alkyl halides is 3. The van der Waals surface area contributed by atoms with Gasteiger partial charge in [0.1, 0.15) is 0 Å². The smallest absolute Gasteiger partial charge is 0.475 e. The number of carboxylic acids is 1. The molecule has 5 nitrogen and oxygen atoms in total. The molecule has 0 unspecified atom stereocenters. The van der Waals surface area contributed by atoms with Gasteiger partial charge in [0.25, 0.3) is 0 Å². The summed E-state index contributed by atoms with van der Waals surface area (Å²) in [5.41, 5.74) is 0. The van der Waals surface area contributed by atoms with Crippen LogP contribution in [0.4, 0.5) is 13.2 Å². The Morgan fingerprint density at radius 2 is 1.69 bits per heavy atom. The Balaban J connectivity index is 0.000000293. The van der Waals surface area contributed by atoms with Crippen LogP contribution in [-0.2, 0) is 14.6 Å². The highest BCUT2D eigenvalue weighted by molar-refractivity contribution is 7.91.